The van der Waals surface area contributed by atoms with Gasteiger partial charge in [0.05, 0.1) is 6.54 Å². The Balaban J connectivity index is 1.80. The van der Waals surface area contributed by atoms with Crippen molar-refractivity contribution < 1.29 is 9.90 Å². The summed E-state index contributed by atoms with van der Waals surface area (Å²) in [4.78, 5) is 15.2. The number of carboxylic acids is 1. The van der Waals surface area contributed by atoms with Crippen LogP contribution in [-0.4, -0.2) is 60.1 Å². The molecule has 2 aliphatic rings. The van der Waals surface area contributed by atoms with Gasteiger partial charge in [0.15, 0.2) is 0 Å². The van der Waals surface area contributed by atoms with Crippen LogP contribution in [0.5, 0.6) is 0 Å². The summed E-state index contributed by atoms with van der Waals surface area (Å²) in [7, 11) is 2.14. The third-order valence-corrected chi connectivity index (χ3v) is 3.38. The van der Waals surface area contributed by atoms with Gasteiger partial charge in [-0.15, -0.1) is 0 Å². The molecule has 0 bridgehead atoms. The first-order chi connectivity index (χ1) is 7.15. The fraction of sp³-hybridized carbons (Fsp3) is 0.909. The zero-order chi connectivity index (χ0) is 10.8. The van der Waals surface area contributed by atoms with Crippen molar-refractivity contribution in [3.05, 3.63) is 0 Å². The van der Waals surface area contributed by atoms with Crippen LogP contribution in [0.2, 0.25) is 0 Å². The van der Waals surface area contributed by atoms with E-state index in [9.17, 15) is 4.79 Å². The number of rotatable bonds is 5. The molecule has 1 heterocycles. The van der Waals surface area contributed by atoms with Crippen LogP contribution in [0.4, 0.5) is 0 Å². The summed E-state index contributed by atoms with van der Waals surface area (Å²) >= 11 is 0. The van der Waals surface area contributed by atoms with Crippen molar-refractivity contribution in [3.8, 4) is 0 Å². The maximum atomic E-state index is 10.7. The minimum Gasteiger partial charge on any atom is -0.480 e. The largest absolute Gasteiger partial charge is 0.480 e. The van der Waals surface area contributed by atoms with E-state index in [-0.39, 0.29) is 6.54 Å². The molecule has 0 spiro atoms. The molecule has 1 aliphatic heterocycles. The molecule has 1 saturated carbocycles. The SMILES string of the molecule is CN1CC[C@@H](CN(CC(=O)O)C2CC2)C1. The molecule has 0 radical (unpaired) electrons. The lowest BCUT2D eigenvalue weighted by Gasteiger charge is -2.23. The molecule has 15 heavy (non-hydrogen) atoms. The molecule has 2 rings (SSSR count). The number of nitrogens with zero attached hydrogens (tertiary/aromatic N) is 2. The number of carbonyl (C=O) groups is 1. The van der Waals surface area contributed by atoms with Crippen LogP contribution < -0.4 is 0 Å². The molecular weight excluding hydrogens is 192 g/mol. The third-order valence-electron chi connectivity index (χ3n) is 3.38. The summed E-state index contributed by atoms with van der Waals surface area (Å²) in [6, 6.07) is 0.562. The number of aliphatic carboxylic acids is 1. The average Bonchev–Trinajstić information content (AvgIpc) is 2.90. The van der Waals surface area contributed by atoms with Gasteiger partial charge >= 0.3 is 5.97 Å². The summed E-state index contributed by atoms with van der Waals surface area (Å²) < 4.78 is 0. The Kier molecular flexibility index (Phi) is 3.26. The zero-order valence-electron chi connectivity index (χ0n) is 9.35. The highest BCUT2D eigenvalue weighted by molar-refractivity contribution is 5.69. The van der Waals surface area contributed by atoms with Gasteiger partial charge in [0.1, 0.15) is 0 Å². The fourth-order valence-electron chi connectivity index (χ4n) is 2.46. The van der Waals surface area contributed by atoms with Crippen molar-refractivity contribution in [1.29, 1.82) is 0 Å². The van der Waals surface area contributed by atoms with Crippen molar-refractivity contribution in [1.82, 2.24) is 9.80 Å². The van der Waals surface area contributed by atoms with Crippen LogP contribution in [0.15, 0.2) is 0 Å². The van der Waals surface area contributed by atoms with Gasteiger partial charge in [0.2, 0.25) is 0 Å². The fourth-order valence-corrected chi connectivity index (χ4v) is 2.46. The minimum absolute atomic E-state index is 0.227. The normalized spacial score (nSPS) is 27.5. The molecule has 0 aromatic carbocycles. The van der Waals surface area contributed by atoms with Crippen LogP contribution in [0.3, 0.4) is 0 Å². The molecule has 1 aliphatic carbocycles. The van der Waals surface area contributed by atoms with E-state index in [1.165, 1.54) is 19.3 Å². The molecule has 86 valence electrons. The van der Waals surface area contributed by atoms with Gasteiger partial charge in [-0.05, 0) is 38.8 Å². The van der Waals surface area contributed by atoms with Gasteiger partial charge < -0.3 is 10.0 Å². The van der Waals surface area contributed by atoms with Gasteiger partial charge in [0.25, 0.3) is 0 Å². The smallest absolute Gasteiger partial charge is 0.317 e. The molecule has 2 fully saturated rings. The van der Waals surface area contributed by atoms with E-state index in [1.807, 2.05) is 0 Å². The molecule has 1 atom stereocenters. The summed E-state index contributed by atoms with van der Waals surface area (Å²) in [5.74, 6) is -0.0109. The first-order valence-corrected chi connectivity index (χ1v) is 5.79. The van der Waals surface area contributed by atoms with Crippen LogP contribution >= 0.6 is 0 Å². The molecule has 4 nitrogen and oxygen atoms in total. The highest BCUT2D eigenvalue weighted by Crippen LogP contribution is 2.28. The second-order valence-electron chi connectivity index (χ2n) is 4.97. The number of hydrogen-bond acceptors (Lipinski definition) is 3. The molecule has 0 aromatic heterocycles. The highest BCUT2D eigenvalue weighted by Gasteiger charge is 2.33. The van der Waals surface area contributed by atoms with Crippen molar-refractivity contribution in [2.24, 2.45) is 5.92 Å². The van der Waals surface area contributed by atoms with E-state index in [0.29, 0.717) is 12.0 Å². The lowest BCUT2D eigenvalue weighted by molar-refractivity contribution is -0.138. The Bertz CT molecular complexity index is 241. The lowest BCUT2D eigenvalue weighted by Crippen LogP contribution is -2.36. The summed E-state index contributed by atoms with van der Waals surface area (Å²) in [5.41, 5.74) is 0. The number of carboxylic acid groups (broad SMARTS) is 1. The van der Waals surface area contributed by atoms with Crippen LogP contribution in [0.25, 0.3) is 0 Å². The molecule has 1 saturated heterocycles. The highest BCUT2D eigenvalue weighted by atomic mass is 16.4. The van der Waals surface area contributed by atoms with E-state index >= 15 is 0 Å². The van der Waals surface area contributed by atoms with Crippen molar-refractivity contribution in [2.45, 2.75) is 25.3 Å². The number of hydrogen-bond donors (Lipinski definition) is 1. The van der Waals surface area contributed by atoms with Crippen molar-refractivity contribution >= 4 is 5.97 Å². The second kappa shape index (κ2) is 4.49. The molecule has 1 N–H and O–H groups in total. The standard InChI is InChI=1S/C11H20N2O2/c1-12-5-4-9(6-12)7-13(8-11(14)15)10-2-3-10/h9-10H,2-8H2,1H3,(H,14,15)/t9-/m1/s1. The Hall–Kier alpha value is -0.610. The average molecular weight is 212 g/mol. The van der Waals surface area contributed by atoms with E-state index < -0.39 is 5.97 Å². The van der Waals surface area contributed by atoms with Gasteiger partial charge in [-0.25, -0.2) is 0 Å². The molecule has 0 unspecified atom stereocenters. The van der Waals surface area contributed by atoms with Gasteiger partial charge in [-0.3, -0.25) is 9.69 Å². The van der Waals surface area contributed by atoms with E-state index in [0.717, 1.165) is 19.6 Å². The van der Waals surface area contributed by atoms with Gasteiger partial charge in [-0.2, -0.15) is 0 Å². The van der Waals surface area contributed by atoms with Crippen LogP contribution in [-0.2, 0) is 4.79 Å². The molecule has 4 heteroatoms. The maximum absolute atomic E-state index is 10.7. The van der Waals surface area contributed by atoms with Crippen LogP contribution in [0, 0.1) is 5.92 Å². The van der Waals surface area contributed by atoms with Crippen LogP contribution in [0.1, 0.15) is 19.3 Å². The first-order valence-electron chi connectivity index (χ1n) is 5.79. The van der Waals surface area contributed by atoms with E-state index in [4.69, 9.17) is 5.11 Å². The predicted octanol–water partition coefficient (Wildman–Crippen LogP) is 0.487. The Morgan fingerprint density at radius 3 is 2.67 bits per heavy atom. The second-order valence-corrected chi connectivity index (χ2v) is 4.97. The molecule has 0 amide bonds. The third kappa shape index (κ3) is 3.18. The van der Waals surface area contributed by atoms with Gasteiger partial charge in [-0.1, -0.05) is 0 Å². The van der Waals surface area contributed by atoms with Gasteiger partial charge in [0, 0.05) is 19.1 Å². The minimum atomic E-state index is -0.687. The Morgan fingerprint density at radius 2 is 2.20 bits per heavy atom. The van der Waals surface area contributed by atoms with E-state index in [1.54, 1.807) is 0 Å². The lowest BCUT2D eigenvalue weighted by atomic mass is 10.1. The Labute approximate surface area is 90.9 Å². The zero-order valence-corrected chi connectivity index (χ0v) is 9.35. The molecule has 0 aromatic rings. The summed E-state index contributed by atoms with van der Waals surface area (Å²) in [5, 5.41) is 8.83. The number of likely N-dealkylation sites (tertiary alicyclic amines) is 1. The van der Waals surface area contributed by atoms with E-state index in [2.05, 4.69) is 16.8 Å². The summed E-state index contributed by atoms with van der Waals surface area (Å²) in [6.07, 6.45) is 3.60. The quantitative estimate of drug-likeness (QED) is 0.720. The Morgan fingerprint density at radius 1 is 1.47 bits per heavy atom. The predicted molar refractivity (Wildman–Crippen MR) is 57.8 cm³/mol. The maximum Gasteiger partial charge on any atom is 0.317 e. The summed E-state index contributed by atoms with van der Waals surface area (Å²) in [6.45, 7) is 3.49. The van der Waals surface area contributed by atoms with Crippen molar-refractivity contribution in [2.75, 3.05) is 33.2 Å². The monoisotopic (exact) mass is 212 g/mol. The first kappa shape index (κ1) is 10.9. The van der Waals surface area contributed by atoms with Crippen molar-refractivity contribution in [3.63, 3.8) is 0 Å². The molecular formula is C11H20N2O2. The topological polar surface area (TPSA) is 43.8 Å².